The van der Waals surface area contributed by atoms with Crippen molar-refractivity contribution in [3.05, 3.63) is 36.0 Å². The van der Waals surface area contributed by atoms with E-state index in [0.29, 0.717) is 39.0 Å². The van der Waals surface area contributed by atoms with Gasteiger partial charge >= 0.3 is 0 Å². The van der Waals surface area contributed by atoms with Crippen LogP contribution in [0.15, 0.2) is 30.5 Å². The molecule has 0 aliphatic carbocycles. The first-order valence-corrected chi connectivity index (χ1v) is 9.79. The average molecular weight is 364 g/mol. The molecule has 1 saturated heterocycles. The van der Waals surface area contributed by atoms with Gasteiger partial charge in [0.2, 0.25) is 5.91 Å². The van der Waals surface area contributed by atoms with Gasteiger partial charge < -0.3 is 9.88 Å². The zero-order chi connectivity index (χ0) is 18.0. The monoisotopic (exact) mass is 364 g/mol. The molecule has 136 valence electrons. The smallest absolute Gasteiger partial charge is 0.281 e. The number of amides is 1. The fraction of sp³-hybridized carbons (Fsp3) is 0.471. The molecule has 3 rings (SSSR count). The van der Waals surface area contributed by atoms with E-state index in [0.717, 1.165) is 16.5 Å². The summed E-state index contributed by atoms with van der Waals surface area (Å²) in [5, 5.41) is 1.06. The van der Waals surface area contributed by atoms with E-state index >= 15 is 0 Å². The van der Waals surface area contributed by atoms with Gasteiger partial charge in [-0.3, -0.25) is 4.79 Å². The molecule has 1 N–H and O–H groups in total. The van der Waals surface area contributed by atoms with Gasteiger partial charge in [0, 0.05) is 57.4 Å². The maximum atomic E-state index is 12.7. The molecule has 7 nitrogen and oxygen atoms in total. The number of rotatable bonds is 4. The van der Waals surface area contributed by atoms with Gasteiger partial charge in [-0.05, 0) is 18.1 Å². The predicted molar refractivity (Wildman–Crippen MR) is 97.4 cm³/mol. The lowest BCUT2D eigenvalue weighted by Gasteiger charge is -2.24. The highest BCUT2D eigenvalue weighted by atomic mass is 32.2. The minimum absolute atomic E-state index is 0.0360. The van der Waals surface area contributed by atoms with Crippen LogP contribution in [0.5, 0.6) is 0 Å². The van der Waals surface area contributed by atoms with Crippen molar-refractivity contribution < 1.29 is 13.2 Å². The molecule has 2 aromatic rings. The molecule has 0 bridgehead atoms. The molecule has 1 aliphatic rings. The van der Waals surface area contributed by atoms with Crippen LogP contribution >= 0.6 is 0 Å². The van der Waals surface area contributed by atoms with E-state index in [4.69, 9.17) is 0 Å². The van der Waals surface area contributed by atoms with Crippen molar-refractivity contribution in [3.8, 4) is 0 Å². The third-order valence-corrected chi connectivity index (χ3v) is 6.55. The minimum Gasteiger partial charge on any atom is -0.361 e. The molecule has 1 aromatic carbocycles. The highest BCUT2D eigenvalue weighted by molar-refractivity contribution is 7.86. The fourth-order valence-corrected chi connectivity index (χ4v) is 4.29. The van der Waals surface area contributed by atoms with Gasteiger partial charge in [-0.25, -0.2) is 0 Å². The summed E-state index contributed by atoms with van der Waals surface area (Å²) in [7, 11) is -0.372. The topological polar surface area (TPSA) is 76.7 Å². The van der Waals surface area contributed by atoms with Crippen molar-refractivity contribution in [3.63, 3.8) is 0 Å². The van der Waals surface area contributed by atoms with Gasteiger partial charge in [-0.2, -0.15) is 17.0 Å². The summed E-state index contributed by atoms with van der Waals surface area (Å²) in [6.07, 6.45) is 2.85. The van der Waals surface area contributed by atoms with Crippen LogP contribution in [-0.4, -0.2) is 73.1 Å². The molecule has 0 spiro atoms. The summed E-state index contributed by atoms with van der Waals surface area (Å²) in [5.74, 6) is 0.0360. The molecular formula is C17H24N4O3S. The summed E-state index contributed by atoms with van der Waals surface area (Å²) < 4.78 is 27.2. The van der Waals surface area contributed by atoms with E-state index < -0.39 is 10.2 Å². The molecule has 0 radical (unpaired) electrons. The van der Waals surface area contributed by atoms with E-state index in [1.165, 1.54) is 22.7 Å². The zero-order valence-electron chi connectivity index (χ0n) is 14.6. The van der Waals surface area contributed by atoms with Crippen LogP contribution in [0.2, 0.25) is 0 Å². The Labute approximate surface area is 148 Å². The molecule has 0 atom stereocenters. The normalized spacial score (nSPS) is 17.2. The van der Waals surface area contributed by atoms with Crippen molar-refractivity contribution in [2.75, 3.05) is 40.3 Å². The molecule has 8 heteroatoms. The van der Waals surface area contributed by atoms with E-state index in [9.17, 15) is 13.2 Å². The number of carbonyl (C=O) groups excluding carboxylic acids is 1. The van der Waals surface area contributed by atoms with Crippen molar-refractivity contribution in [1.29, 1.82) is 0 Å². The zero-order valence-corrected chi connectivity index (χ0v) is 15.4. The highest BCUT2D eigenvalue weighted by Crippen LogP contribution is 2.19. The Morgan fingerprint density at radius 2 is 1.92 bits per heavy atom. The standard InChI is InChI=1S/C17H24N4O3S/c1-19(2)25(23,24)21-9-5-8-20(10-11-21)17(22)12-14-13-18-16-7-4-3-6-15(14)16/h3-4,6-7,13,18H,5,8-12H2,1-2H3. The van der Waals surface area contributed by atoms with Gasteiger partial charge in [-0.15, -0.1) is 0 Å². The summed E-state index contributed by atoms with van der Waals surface area (Å²) in [4.78, 5) is 17.6. The van der Waals surface area contributed by atoms with E-state index in [-0.39, 0.29) is 5.91 Å². The van der Waals surface area contributed by atoms with Crippen LogP contribution in [0, 0.1) is 0 Å². The lowest BCUT2D eigenvalue weighted by atomic mass is 10.1. The van der Waals surface area contributed by atoms with Crippen molar-refractivity contribution >= 4 is 27.0 Å². The first-order chi connectivity index (χ1) is 11.9. The van der Waals surface area contributed by atoms with Crippen LogP contribution in [0.1, 0.15) is 12.0 Å². The number of H-pyrrole nitrogens is 1. The van der Waals surface area contributed by atoms with Gasteiger partial charge in [0.1, 0.15) is 0 Å². The molecule has 1 fully saturated rings. The predicted octanol–water partition coefficient (Wildman–Crippen LogP) is 1.05. The molecular weight excluding hydrogens is 340 g/mol. The number of nitrogens with zero attached hydrogens (tertiary/aromatic N) is 3. The number of hydrogen-bond acceptors (Lipinski definition) is 3. The number of carbonyl (C=O) groups is 1. The van der Waals surface area contributed by atoms with Crippen molar-refractivity contribution in [1.82, 2.24) is 18.5 Å². The Hall–Kier alpha value is -1.90. The number of fused-ring (bicyclic) bond motifs is 1. The van der Waals surface area contributed by atoms with Crippen molar-refractivity contribution in [2.24, 2.45) is 0 Å². The maximum absolute atomic E-state index is 12.7. The van der Waals surface area contributed by atoms with Crippen LogP contribution < -0.4 is 0 Å². The lowest BCUT2D eigenvalue weighted by molar-refractivity contribution is -0.130. The summed E-state index contributed by atoms with van der Waals surface area (Å²) in [6.45, 7) is 1.78. The Morgan fingerprint density at radius 1 is 1.16 bits per heavy atom. The summed E-state index contributed by atoms with van der Waals surface area (Å²) in [5.41, 5.74) is 1.99. The molecule has 25 heavy (non-hydrogen) atoms. The Morgan fingerprint density at radius 3 is 2.68 bits per heavy atom. The number of nitrogens with one attached hydrogen (secondary N) is 1. The van der Waals surface area contributed by atoms with Gasteiger partial charge in [0.05, 0.1) is 6.42 Å². The Balaban J connectivity index is 1.67. The minimum atomic E-state index is -3.43. The molecule has 1 amide bonds. The van der Waals surface area contributed by atoms with Gasteiger partial charge in [0.15, 0.2) is 0 Å². The van der Waals surface area contributed by atoms with Crippen LogP contribution in [-0.2, 0) is 21.4 Å². The fourth-order valence-electron chi connectivity index (χ4n) is 3.16. The Bertz CT molecular complexity index is 860. The van der Waals surface area contributed by atoms with Crippen LogP contribution in [0.25, 0.3) is 10.9 Å². The SMILES string of the molecule is CN(C)S(=O)(=O)N1CCCN(C(=O)Cc2c[nH]c3ccccc23)CC1. The molecule has 2 heterocycles. The second-order valence-electron chi connectivity index (χ2n) is 6.46. The van der Waals surface area contributed by atoms with E-state index in [1.807, 2.05) is 30.5 Å². The van der Waals surface area contributed by atoms with Gasteiger partial charge in [-0.1, -0.05) is 18.2 Å². The first-order valence-electron chi connectivity index (χ1n) is 8.40. The third kappa shape index (κ3) is 3.70. The quantitative estimate of drug-likeness (QED) is 0.881. The number of benzene rings is 1. The average Bonchev–Trinajstić information content (AvgIpc) is 2.82. The number of aromatic amines is 1. The van der Waals surface area contributed by atoms with Crippen molar-refractivity contribution in [2.45, 2.75) is 12.8 Å². The number of aromatic nitrogens is 1. The second-order valence-corrected chi connectivity index (χ2v) is 8.60. The Kier molecular flexibility index (Phi) is 5.12. The molecule has 0 saturated carbocycles. The molecule has 0 unspecified atom stereocenters. The number of para-hydroxylation sites is 1. The molecule has 1 aromatic heterocycles. The van der Waals surface area contributed by atoms with E-state index in [2.05, 4.69) is 4.98 Å². The largest absolute Gasteiger partial charge is 0.361 e. The third-order valence-electron chi connectivity index (χ3n) is 4.61. The van der Waals surface area contributed by atoms with Crippen LogP contribution in [0.3, 0.4) is 0 Å². The highest BCUT2D eigenvalue weighted by Gasteiger charge is 2.28. The van der Waals surface area contributed by atoms with Gasteiger partial charge in [0.25, 0.3) is 10.2 Å². The van der Waals surface area contributed by atoms with Crippen LogP contribution in [0.4, 0.5) is 0 Å². The maximum Gasteiger partial charge on any atom is 0.281 e. The number of hydrogen-bond donors (Lipinski definition) is 1. The van der Waals surface area contributed by atoms with E-state index in [1.54, 1.807) is 4.90 Å². The second kappa shape index (κ2) is 7.15. The summed E-state index contributed by atoms with van der Waals surface area (Å²) in [6, 6.07) is 7.90. The lowest BCUT2D eigenvalue weighted by Crippen LogP contribution is -2.42. The first kappa shape index (κ1) is 17.9. The molecule has 1 aliphatic heterocycles. The summed E-state index contributed by atoms with van der Waals surface area (Å²) >= 11 is 0.